The van der Waals surface area contributed by atoms with Gasteiger partial charge in [0.2, 0.25) is 10.0 Å². The summed E-state index contributed by atoms with van der Waals surface area (Å²) in [5.41, 5.74) is 0.653. The van der Waals surface area contributed by atoms with E-state index in [0.717, 1.165) is 0 Å². The van der Waals surface area contributed by atoms with Crippen molar-refractivity contribution < 1.29 is 17.9 Å². The topological polar surface area (TPSA) is 55.8 Å². The molecule has 5 nitrogen and oxygen atoms in total. The molecule has 0 spiro atoms. The minimum absolute atomic E-state index is 0.254. The molecule has 0 saturated carbocycles. The van der Waals surface area contributed by atoms with Gasteiger partial charge in [0.25, 0.3) is 0 Å². The van der Waals surface area contributed by atoms with Crippen molar-refractivity contribution >= 4 is 10.0 Å². The second-order valence-electron chi connectivity index (χ2n) is 6.58. The molecule has 0 atom stereocenters. The minimum Gasteiger partial charge on any atom is -0.493 e. The predicted octanol–water partition coefficient (Wildman–Crippen LogP) is 3.31. The summed E-state index contributed by atoms with van der Waals surface area (Å²) < 4.78 is 38.3. The molecule has 6 heteroatoms. The summed E-state index contributed by atoms with van der Waals surface area (Å²) in [5.74, 6) is 1.46. The van der Waals surface area contributed by atoms with E-state index in [2.05, 4.69) is 0 Å². The Hall–Kier alpha value is -1.27. The number of benzene rings is 1. The highest BCUT2D eigenvalue weighted by Gasteiger charge is 2.28. The van der Waals surface area contributed by atoms with Crippen LogP contribution in [0.1, 0.15) is 33.3 Å². The number of sulfonamides is 1. The van der Waals surface area contributed by atoms with Crippen molar-refractivity contribution in [2.75, 3.05) is 27.3 Å². The molecule has 0 bridgehead atoms. The fraction of sp³-hybridized carbons (Fsp3) is 0.647. The Labute approximate surface area is 140 Å². The predicted molar refractivity (Wildman–Crippen MR) is 92.7 cm³/mol. The van der Waals surface area contributed by atoms with E-state index in [9.17, 15) is 8.42 Å². The Morgan fingerprint density at radius 1 is 0.957 bits per heavy atom. The Balaban J connectivity index is 3.38. The SMILES string of the molecule is COc1cc(C)c(S(=O)(=O)N(CC(C)C)CC(C)C)cc1OC. The molecule has 0 aliphatic carbocycles. The van der Waals surface area contributed by atoms with Crippen LogP contribution in [0.2, 0.25) is 0 Å². The van der Waals surface area contributed by atoms with E-state index in [1.54, 1.807) is 23.4 Å². The molecular formula is C17H29NO4S. The van der Waals surface area contributed by atoms with Crippen LogP contribution in [0.4, 0.5) is 0 Å². The molecule has 23 heavy (non-hydrogen) atoms. The second kappa shape index (κ2) is 8.02. The first-order chi connectivity index (χ1) is 10.6. The average Bonchev–Trinajstić information content (AvgIpc) is 2.44. The van der Waals surface area contributed by atoms with Gasteiger partial charge in [0.05, 0.1) is 19.1 Å². The maximum Gasteiger partial charge on any atom is 0.243 e. The van der Waals surface area contributed by atoms with Gasteiger partial charge in [0, 0.05) is 19.2 Å². The Kier molecular flexibility index (Phi) is 6.89. The van der Waals surface area contributed by atoms with Gasteiger partial charge in [-0.3, -0.25) is 0 Å². The van der Waals surface area contributed by atoms with Crippen LogP contribution in [0.25, 0.3) is 0 Å². The zero-order valence-electron chi connectivity index (χ0n) is 15.2. The van der Waals surface area contributed by atoms with Gasteiger partial charge in [0.15, 0.2) is 11.5 Å². The van der Waals surface area contributed by atoms with Crippen molar-refractivity contribution in [2.45, 2.75) is 39.5 Å². The lowest BCUT2D eigenvalue weighted by molar-refractivity contribution is 0.332. The molecule has 1 rings (SSSR count). The monoisotopic (exact) mass is 343 g/mol. The van der Waals surface area contributed by atoms with Gasteiger partial charge in [0.1, 0.15) is 0 Å². The van der Waals surface area contributed by atoms with Crippen LogP contribution in [0.5, 0.6) is 11.5 Å². The number of methoxy groups -OCH3 is 2. The zero-order valence-corrected chi connectivity index (χ0v) is 16.0. The molecule has 132 valence electrons. The van der Waals surface area contributed by atoms with Crippen molar-refractivity contribution in [1.29, 1.82) is 0 Å². The van der Waals surface area contributed by atoms with E-state index in [1.165, 1.54) is 14.2 Å². The van der Waals surface area contributed by atoms with Gasteiger partial charge in [-0.25, -0.2) is 8.42 Å². The summed E-state index contributed by atoms with van der Waals surface area (Å²) >= 11 is 0. The maximum absolute atomic E-state index is 13.1. The summed E-state index contributed by atoms with van der Waals surface area (Å²) in [6.45, 7) is 10.8. The molecule has 1 aromatic carbocycles. The number of nitrogens with zero attached hydrogens (tertiary/aromatic N) is 1. The summed E-state index contributed by atoms with van der Waals surface area (Å²) in [6, 6.07) is 3.26. The Morgan fingerprint density at radius 2 is 1.39 bits per heavy atom. The molecular weight excluding hydrogens is 314 g/mol. The number of hydrogen-bond donors (Lipinski definition) is 0. The van der Waals surface area contributed by atoms with Gasteiger partial charge in [-0.15, -0.1) is 0 Å². The van der Waals surface area contributed by atoms with Crippen molar-refractivity contribution in [3.8, 4) is 11.5 Å². The van der Waals surface area contributed by atoms with E-state index in [1.807, 2.05) is 27.7 Å². The first-order valence-electron chi connectivity index (χ1n) is 7.86. The van der Waals surface area contributed by atoms with Crippen molar-refractivity contribution in [2.24, 2.45) is 11.8 Å². The highest BCUT2D eigenvalue weighted by Crippen LogP contribution is 2.34. The highest BCUT2D eigenvalue weighted by molar-refractivity contribution is 7.89. The fourth-order valence-corrected chi connectivity index (χ4v) is 4.45. The number of ether oxygens (including phenoxy) is 2. The number of rotatable bonds is 8. The summed E-state index contributed by atoms with van der Waals surface area (Å²) in [6.07, 6.45) is 0. The van der Waals surface area contributed by atoms with Crippen molar-refractivity contribution in [3.63, 3.8) is 0 Å². The average molecular weight is 343 g/mol. The minimum atomic E-state index is -3.58. The molecule has 0 fully saturated rings. The highest BCUT2D eigenvalue weighted by atomic mass is 32.2. The van der Waals surface area contributed by atoms with E-state index in [-0.39, 0.29) is 16.7 Å². The normalized spacial score (nSPS) is 12.3. The van der Waals surface area contributed by atoms with Gasteiger partial charge in [-0.1, -0.05) is 27.7 Å². The quantitative estimate of drug-likeness (QED) is 0.726. The van der Waals surface area contributed by atoms with E-state index >= 15 is 0 Å². The van der Waals surface area contributed by atoms with Crippen molar-refractivity contribution in [1.82, 2.24) is 4.31 Å². The third-order valence-electron chi connectivity index (χ3n) is 3.44. The molecule has 0 amide bonds. The first kappa shape index (κ1) is 19.8. The third kappa shape index (κ3) is 4.85. The summed E-state index contributed by atoms with van der Waals surface area (Å²) in [7, 11) is -0.541. The molecule has 0 aliphatic rings. The molecule has 0 aliphatic heterocycles. The smallest absolute Gasteiger partial charge is 0.243 e. The molecule has 0 radical (unpaired) electrons. The lowest BCUT2D eigenvalue weighted by Crippen LogP contribution is -2.37. The molecule has 0 unspecified atom stereocenters. The van der Waals surface area contributed by atoms with E-state index in [4.69, 9.17) is 9.47 Å². The number of aryl methyl sites for hydroxylation is 1. The van der Waals surface area contributed by atoms with E-state index < -0.39 is 10.0 Å². The van der Waals surface area contributed by atoms with Crippen LogP contribution in [0.3, 0.4) is 0 Å². The van der Waals surface area contributed by atoms with Crippen LogP contribution in [-0.4, -0.2) is 40.0 Å². The molecule has 0 saturated heterocycles. The van der Waals surface area contributed by atoms with Gasteiger partial charge in [-0.2, -0.15) is 4.31 Å². The Bertz CT molecular complexity index is 614. The molecule has 0 aromatic heterocycles. The van der Waals surface area contributed by atoms with Crippen LogP contribution >= 0.6 is 0 Å². The van der Waals surface area contributed by atoms with Crippen LogP contribution in [-0.2, 0) is 10.0 Å². The lowest BCUT2D eigenvalue weighted by atomic mass is 10.2. The van der Waals surface area contributed by atoms with Crippen molar-refractivity contribution in [3.05, 3.63) is 17.7 Å². The molecule has 0 heterocycles. The standard InChI is InChI=1S/C17H29NO4S/c1-12(2)10-18(11-13(3)4)23(19,20)17-9-16(22-7)15(21-6)8-14(17)5/h8-9,12-13H,10-11H2,1-7H3. The maximum atomic E-state index is 13.1. The first-order valence-corrected chi connectivity index (χ1v) is 9.30. The Morgan fingerprint density at radius 3 is 1.78 bits per heavy atom. The molecule has 1 aromatic rings. The number of hydrogen-bond acceptors (Lipinski definition) is 4. The second-order valence-corrected chi connectivity index (χ2v) is 8.49. The van der Waals surface area contributed by atoms with E-state index in [0.29, 0.717) is 30.2 Å². The summed E-state index contributed by atoms with van der Waals surface area (Å²) in [5, 5.41) is 0. The van der Waals surface area contributed by atoms with Crippen LogP contribution in [0, 0.1) is 18.8 Å². The van der Waals surface area contributed by atoms with Crippen LogP contribution in [0.15, 0.2) is 17.0 Å². The lowest BCUT2D eigenvalue weighted by Gasteiger charge is -2.26. The van der Waals surface area contributed by atoms with Gasteiger partial charge in [-0.05, 0) is 30.4 Å². The third-order valence-corrected chi connectivity index (χ3v) is 5.41. The molecule has 0 N–H and O–H groups in total. The summed E-state index contributed by atoms with van der Waals surface area (Å²) in [4.78, 5) is 0.274. The van der Waals surface area contributed by atoms with Gasteiger partial charge < -0.3 is 9.47 Å². The zero-order chi connectivity index (χ0) is 17.8. The largest absolute Gasteiger partial charge is 0.493 e. The van der Waals surface area contributed by atoms with Crippen LogP contribution < -0.4 is 9.47 Å². The van der Waals surface area contributed by atoms with Gasteiger partial charge >= 0.3 is 0 Å². The fourth-order valence-electron chi connectivity index (χ4n) is 2.46.